The molecule has 0 spiro atoms. The third-order valence-corrected chi connectivity index (χ3v) is 4.20. The first-order chi connectivity index (χ1) is 11.9. The van der Waals surface area contributed by atoms with Crippen LogP contribution >= 0.6 is 0 Å². The van der Waals surface area contributed by atoms with Gasteiger partial charge in [-0.1, -0.05) is 19.8 Å². The molecular weight excluding hydrogens is 332 g/mol. The van der Waals surface area contributed by atoms with Crippen molar-refractivity contribution in [3.05, 3.63) is 0 Å². The summed E-state index contributed by atoms with van der Waals surface area (Å²) in [5, 5.41) is 8.57. The Labute approximate surface area is 146 Å². The highest BCUT2D eigenvalue weighted by atomic mass is 16.5. The van der Waals surface area contributed by atoms with Crippen molar-refractivity contribution in [3.8, 4) is 0 Å². The molecule has 25 heavy (non-hydrogen) atoms. The van der Waals surface area contributed by atoms with E-state index in [1.165, 1.54) is 14.2 Å². The van der Waals surface area contributed by atoms with E-state index in [9.17, 15) is 19.2 Å². The van der Waals surface area contributed by atoms with E-state index in [-0.39, 0.29) is 35.7 Å². The number of hydrogen-bond donors (Lipinski definition) is 1. The quantitative estimate of drug-likeness (QED) is 0.393. The lowest BCUT2D eigenvalue weighted by Crippen LogP contribution is -2.12. The molecule has 0 aromatic rings. The molecule has 0 aromatic carbocycles. The molecule has 0 aromatic heterocycles. The summed E-state index contributed by atoms with van der Waals surface area (Å²) >= 11 is 0. The van der Waals surface area contributed by atoms with Crippen molar-refractivity contribution < 1.29 is 38.5 Å². The van der Waals surface area contributed by atoms with Gasteiger partial charge in [-0.3, -0.25) is 19.2 Å². The first kappa shape index (κ1) is 20.9. The van der Waals surface area contributed by atoms with Crippen LogP contribution in [0.4, 0.5) is 0 Å². The number of carbonyl (C=O) groups is 4. The van der Waals surface area contributed by atoms with Crippen molar-refractivity contribution in [2.45, 2.75) is 39.0 Å². The summed E-state index contributed by atoms with van der Waals surface area (Å²) < 4.78 is 13.9. The second-order valence-electron chi connectivity index (χ2n) is 6.16. The van der Waals surface area contributed by atoms with Crippen molar-refractivity contribution in [1.29, 1.82) is 0 Å². The number of carbonyl (C=O) groups excluding carboxylic acids is 3. The summed E-state index contributed by atoms with van der Waals surface area (Å²) in [6, 6.07) is 0. The highest BCUT2D eigenvalue weighted by molar-refractivity contribution is 5.87. The molecule has 0 radical (unpaired) electrons. The van der Waals surface area contributed by atoms with Crippen molar-refractivity contribution >= 4 is 23.9 Å². The smallest absolute Gasteiger partial charge is 0.309 e. The average Bonchev–Trinajstić information content (AvgIpc) is 3.49. The second-order valence-corrected chi connectivity index (χ2v) is 6.16. The summed E-state index contributed by atoms with van der Waals surface area (Å²) in [5.41, 5.74) is 0. The van der Waals surface area contributed by atoms with Crippen LogP contribution in [0.2, 0.25) is 0 Å². The number of methoxy groups -OCH3 is 2. The molecule has 2 aliphatic rings. The Morgan fingerprint density at radius 2 is 1.32 bits per heavy atom. The molecule has 2 aliphatic carbocycles. The highest BCUT2D eigenvalue weighted by Gasteiger charge is 2.50. The predicted molar refractivity (Wildman–Crippen MR) is 85.3 cm³/mol. The van der Waals surface area contributed by atoms with E-state index >= 15 is 0 Å². The summed E-state index contributed by atoms with van der Waals surface area (Å²) in [7, 11) is 2.63. The van der Waals surface area contributed by atoms with E-state index in [2.05, 4.69) is 16.4 Å². The molecule has 0 aliphatic heterocycles. The van der Waals surface area contributed by atoms with Crippen LogP contribution in [0.3, 0.4) is 0 Å². The average molecular weight is 358 g/mol. The number of unbranched alkanes of at least 4 members (excludes halogenated alkanes) is 2. The monoisotopic (exact) mass is 358 g/mol. The zero-order chi connectivity index (χ0) is 19.0. The highest BCUT2D eigenvalue weighted by Crippen LogP contribution is 2.40. The molecule has 0 saturated heterocycles. The van der Waals surface area contributed by atoms with Gasteiger partial charge < -0.3 is 19.3 Å². The number of hydrogen-bond acceptors (Lipinski definition) is 7. The number of carboxylic acids is 1. The van der Waals surface area contributed by atoms with Crippen LogP contribution in [0.25, 0.3) is 0 Å². The topological polar surface area (TPSA) is 116 Å². The Balaban J connectivity index is 0.000000257. The first-order valence-corrected chi connectivity index (χ1v) is 8.42. The summed E-state index contributed by atoms with van der Waals surface area (Å²) in [4.78, 5) is 43.2. The number of esters is 3. The largest absolute Gasteiger partial charge is 0.481 e. The van der Waals surface area contributed by atoms with Gasteiger partial charge in [-0.15, -0.1) is 0 Å². The van der Waals surface area contributed by atoms with Crippen LogP contribution in [-0.4, -0.2) is 49.8 Å². The van der Waals surface area contributed by atoms with Crippen molar-refractivity contribution in [1.82, 2.24) is 0 Å². The molecule has 8 heteroatoms. The standard InChI is InChI=1S/C10H16O4.C7H10O4/c1-2-3-4-5-14-10(13)8-6-7(8)9(11)12;1-10-6(8)4-3-5(4)7(9)11-2/h7-8H,2-6H2,1H3,(H,11,12);4-5H,3H2,1-2H3/t7-,8-;4-,5-/m11/s1. The number of aliphatic carboxylic acids is 1. The molecule has 0 unspecified atom stereocenters. The summed E-state index contributed by atoms with van der Waals surface area (Å²) in [6.07, 6.45) is 4.01. The van der Waals surface area contributed by atoms with Gasteiger partial charge >= 0.3 is 23.9 Å². The maximum absolute atomic E-state index is 11.2. The fourth-order valence-corrected chi connectivity index (χ4v) is 2.38. The van der Waals surface area contributed by atoms with E-state index in [4.69, 9.17) is 9.84 Å². The van der Waals surface area contributed by atoms with Crippen LogP contribution in [-0.2, 0) is 33.4 Å². The van der Waals surface area contributed by atoms with Gasteiger partial charge in [0.05, 0.1) is 44.5 Å². The molecule has 2 rings (SSSR count). The summed E-state index contributed by atoms with van der Waals surface area (Å²) in [5.74, 6) is -3.25. The molecule has 1 N–H and O–H groups in total. The molecule has 2 saturated carbocycles. The van der Waals surface area contributed by atoms with Gasteiger partial charge in [0.15, 0.2) is 0 Å². The van der Waals surface area contributed by atoms with Crippen molar-refractivity contribution in [2.24, 2.45) is 23.7 Å². The summed E-state index contributed by atoms with van der Waals surface area (Å²) in [6.45, 7) is 2.50. The third kappa shape index (κ3) is 6.72. The lowest BCUT2D eigenvalue weighted by atomic mass is 10.3. The minimum atomic E-state index is -0.888. The van der Waals surface area contributed by atoms with E-state index < -0.39 is 11.9 Å². The van der Waals surface area contributed by atoms with Crippen molar-refractivity contribution in [2.75, 3.05) is 20.8 Å². The molecular formula is C17H26O8. The fraction of sp³-hybridized carbons (Fsp3) is 0.765. The van der Waals surface area contributed by atoms with Gasteiger partial charge in [-0.2, -0.15) is 0 Å². The number of rotatable bonds is 8. The minimum Gasteiger partial charge on any atom is -0.481 e. The van der Waals surface area contributed by atoms with E-state index in [0.29, 0.717) is 19.4 Å². The van der Waals surface area contributed by atoms with Crippen LogP contribution in [0.15, 0.2) is 0 Å². The molecule has 2 fully saturated rings. The maximum atomic E-state index is 11.2. The Morgan fingerprint density at radius 1 is 0.840 bits per heavy atom. The molecule has 142 valence electrons. The molecule has 0 heterocycles. The Kier molecular flexibility index (Phi) is 8.37. The zero-order valence-corrected chi connectivity index (χ0v) is 14.9. The molecule has 4 atom stereocenters. The molecule has 0 bridgehead atoms. The second kappa shape index (κ2) is 10.0. The predicted octanol–water partition coefficient (Wildman–Crippen LogP) is 1.41. The van der Waals surface area contributed by atoms with E-state index in [1.807, 2.05) is 0 Å². The Bertz CT molecular complexity index is 481. The lowest BCUT2D eigenvalue weighted by Gasteiger charge is -2.02. The van der Waals surface area contributed by atoms with Gasteiger partial charge in [0, 0.05) is 0 Å². The minimum absolute atomic E-state index is 0.257. The maximum Gasteiger partial charge on any atom is 0.309 e. The SMILES string of the molecule is CCCCCOC(=O)[C@@H]1C[C@H]1C(=O)O.COC(=O)[C@@H]1C[C@H]1C(=O)OC. The van der Waals surface area contributed by atoms with Gasteiger partial charge in [-0.05, 0) is 19.3 Å². The van der Waals surface area contributed by atoms with Crippen LogP contribution in [0.1, 0.15) is 39.0 Å². The Morgan fingerprint density at radius 3 is 1.72 bits per heavy atom. The lowest BCUT2D eigenvalue weighted by molar-refractivity contribution is -0.149. The van der Waals surface area contributed by atoms with Crippen LogP contribution in [0, 0.1) is 23.7 Å². The van der Waals surface area contributed by atoms with Gasteiger partial charge in [0.1, 0.15) is 0 Å². The number of carboxylic acid groups (broad SMARTS) is 1. The number of ether oxygens (including phenoxy) is 3. The van der Waals surface area contributed by atoms with E-state index in [1.54, 1.807) is 0 Å². The zero-order valence-electron chi connectivity index (χ0n) is 14.9. The normalized spacial score (nSPS) is 25.7. The molecule has 8 nitrogen and oxygen atoms in total. The fourth-order valence-electron chi connectivity index (χ4n) is 2.38. The third-order valence-electron chi connectivity index (χ3n) is 4.20. The van der Waals surface area contributed by atoms with Crippen LogP contribution < -0.4 is 0 Å². The van der Waals surface area contributed by atoms with Gasteiger partial charge in [0.2, 0.25) is 0 Å². The van der Waals surface area contributed by atoms with Crippen LogP contribution in [0.5, 0.6) is 0 Å². The van der Waals surface area contributed by atoms with E-state index in [0.717, 1.165) is 19.3 Å². The van der Waals surface area contributed by atoms with Gasteiger partial charge in [-0.25, -0.2) is 0 Å². The van der Waals surface area contributed by atoms with Crippen molar-refractivity contribution in [3.63, 3.8) is 0 Å². The molecule has 0 amide bonds. The first-order valence-electron chi connectivity index (χ1n) is 8.42. The van der Waals surface area contributed by atoms with Gasteiger partial charge in [0.25, 0.3) is 0 Å². The Hall–Kier alpha value is -2.12.